The average molecular weight is 361 g/mol. The van der Waals surface area contributed by atoms with E-state index < -0.39 is 0 Å². The van der Waals surface area contributed by atoms with Gasteiger partial charge in [-0.3, -0.25) is 14.9 Å². The first-order valence-electron chi connectivity index (χ1n) is 8.21. The molecule has 2 heterocycles. The van der Waals surface area contributed by atoms with Gasteiger partial charge in [0.2, 0.25) is 5.91 Å². The molecule has 1 fully saturated rings. The molecule has 128 valence electrons. The Labute approximate surface area is 154 Å². The topological polar surface area (TPSA) is 74.9 Å². The maximum atomic E-state index is 11.8. The zero-order chi connectivity index (χ0) is 18.1. The summed E-state index contributed by atoms with van der Waals surface area (Å²) < 4.78 is 2.15. The number of hydrogen-bond acceptors (Lipinski definition) is 4. The van der Waals surface area contributed by atoms with E-state index in [1.807, 2.05) is 48.7 Å². The highest BCUT2D eigenvalue weighted by Gasteiger charge is 2.31. The maximum absolute atomic E-state index is 11.8. The van der Waals surface area contributed by atoms with Crippen LogP contribution >= 0.6 is 11.8 Å². The van der Waals surface area contributed by atoms with Gasteiger partial charge in [0, 0.05) is 23.6 Å². The number of nitriles is 1. The van der Waals surface area contributed by atoms with Crippen molar-refractivity contribution in [3.05, 3.63) is 71.4 Å². The molecular formula is C20H15N3O2S. The number of carbonyl (C=O) groups excluding carboxylic acids is 2. The summed E-state index contributed by atoms with van der Waals surface area (Å²) in [5, 5.41) is 11.7. The van der Waals surface area contributed by atoms with Crippen LogP contribution in [0.3, 0.4) is 0 Å². The standard InChI is InChI=1S/C20H15N3O2S/c21-11-13-4-6-14(7-5-13)12-23-9-8-16-15(2-1-3-17(16)23)10-18-19(24)22-20(25)26-18/h1-9,18H,10,12H2,(H,22,24,25). The van der Waals surface area contributed by atoms with Gasteiger partial charge in [-0.2, -0.15) is 5.26 Å². The first-order chi connectivity index (χ1) is 12.6. The van der Waals surface area contributed by atoms with Gasteiger partial charge in [0.1, 0.15) is 0 Å². The van der Waals surface area contributed by atoms with Crippen molar-refractivity contribution >= 4 is 33.8 Å². The first-order valence-corrected chi connectivity index (χ1v) is 9.09. The van der Waals surface area contributed by atoms with Crippen molar-refractivity contribution in [2.75, 3.05) is 0 Å². The molecule has 3 aromatic rings. The molecule has 2 aromatic carbocycles. The van der Waals surface area contributed by atoms with Gasteiger partial charge in [0.15, 0.2) is 0 Å². The zero-order valence-electron chi connectivity index (χ0n) is 13.8. The first kappa shape index (κ1) is 16.4. The van der Waals surface area contributed by atoms with Gasteiger partial charge in [-0.25, -0.2) is 0 Å². The average Bonchev–Trinajstić information content (AvgIpc) is 3.19. The Hall–Kier alpha value is -3.04. The van der Waals surface area contributed by atoms with E-state index in [-0.39, 0.29) is 16.4 Å². The third-order valence-corrected chi connectivity index (χ3v) is 5.49. The molecule has 0 spiro atoms. The summed E-state index contributed by atoms with van der Waals surface area (Å²) in [5.74, 6) is -0.214. The number of carbonyl (C=O) groups is 2. The molecule has 1 aliphatic rings. The SMILES string of the molecule is N#Cc1ccc(Cn2ccc3c(CC4SC(=O)NC4=O)cccc32)cc1. The Bertz CT molecular complexity index is 1050. The minimum absolute atomic E-state index is 0.214. The molecule has 4 rings (SSSR count). The van der Waals surface area contributed by atoms with Gasteiger partial charge in [-0.1, -0.05) is 36.0 Å². The number of imide groups is 1. The minimum Gasteiger partial charge on any atom is -0.343 e. The van der Waals surface area contributed by atoms with Crippen molar-refractivity contribution in [1.29, 1.82) is 5.26 Å². The molecule has 26 heavy (non-hydrogen) atoms. The van der Waals surface area contributed by atoms with Crippen LogP contribution in [-0.2, 0) is 17.8 Å². The normalized spacial score (nSPS) is 16.7. The molecule has 1 aromatic heterocycles. The number of benzene rings is 2. The van der Waals surface area contributed by atoms with Crippen molar-refractivity contribution in [1.82, 2.24) is 9.88 Å². The number of aromatic nitrogens is 1. The molecule has 0 aliphatic carbocycles. The lowest BCUT2D eigenvalue weighted by atomic mass is 10.0. The van der Waals surface area contributed by atoms with Crippen LogP contribution in [0.15, 0.2) is 54.7 Å². The molecule has 1 unspecified atom stereocenters. The number of thioether (sulfide) groups is 1. The quantitative estimate of drug-likeness (QED) is 0.772. The highest BCUT2D eigenvalue weighted by atomic mass is 32.2. The van der Waals surface area contributed by atoms with Crippen LogP contribution in [0.25, 0.3) is 10.9 Å². The number of amides is 2. The zero-order valence-corrected chi connectivity index (χ0v) is 14.6. The molecule has 5 nitrogen and oxygen atoms in total. The second kappa shape index (κ2) is 6.70. The van der Waals surface area contributed by atoms with E-state index in [4.69, 9.17) is 5.26 Å². The smallest absolute Gasteiger partial charge is 0.286 e. The molecule has 0 radical (unpaired) electrons. The lowest BCUT2D eigenvalue weighted by molar-refractivity contribution is -0.118. The Morgan fingerprint density at radius 2 is 1.92 bits per heavy atom. The molecule has 1 atom stereocenters. The number of rotatable bonds is 4. The Morgan fingerprint density at radius 1 is 1.12 bits per heavy atom. The van der Waals surface area contributed by atoms with Gasteiger partial charge in [-0.05, 0) is 41.8 Å². The van der Waals surface area contributed by atoms with E-state index in [9.17, 15) is 9.59 Å². The van der Waals surface area contributed by atoms with E-state index in [1.54, 1.807) is 0 Å². The van der Waals surface area contributed by atoms with Crippen LogP contribution in [0.1, 0.15) is 16.7 Å². The molecule has 6 heteroatoms. The number of fused-ring (bicyclic) bond motifs is 1. The molecule has 0 bridgehead atoms. The van der Waals surface area contributed by atoms with Crippen molar-refractivity contribution in [2.45, 2.75) is 18.2 Å². The number of hydrogen-bond donors (Lipinski definition) is 1. The van der Waals surface area contributed by atoms with Crippen LogP contribution in [0.4, 0.5) is 4.79 Å². The molecule has 1 N–H and O–H groups in total. The lowest BCUT2D eigenvalue weighted by Gasteiger charge is -2.09. The Kier molecular flexibility index (Phi) is 4.23. The largest absolute Gasteiger partial charge is 0.343 e. The monoisotopic (exact) mass is 361 g/mol. The van der Waals surface area contributed by atoms with Crippen molar-refractivity contribution < 1.29 is 9.59 Å². The number of nitrogens with one attached hydrogen (secondary N) is 1. The third kappa shape index (κ3) is 3.09. The van der Waals surface area contributed by atoms with Crippen molar-refractivity contribution in [3.63, 3.8) is 0 Å². The van der Waals surface area contributed by atoms with Crippen LogP contribution in [-0.4, -0.2) is 21.0 Å². The molecule has 1 aliphatic heterocycles. The Morgan fingerprint density at radius 3 is 2.62 bits per heavy atom. The van der Waals surface area contributed by atoms with E-state index in [2.05, 4.69) is 22.0 Å². The lowest BCUT2D eigenvalue weighted by Crippen LogP contribution is -2.25. The van der Waals surface area contributed by atoms with E-state index in [0.717, 1.165) is 33.8 Å². The van der Waals surface area contributed by atoms with Crippen LogP contribution in [0, 0.1) is 11.3 Å². The summed E-state index contributed by atoms with van der Waals surface area (Å²) >= 11 is 1.06. The summed E-state index contributed by atoms with van der Waals surface area (Å²) in [7, 11) is 0. The predicted octanol–water partition coefficient (Wildman–Crippen LogP) is 3.46. The highest BCUT2D eigenvalue weighted by Crippen LogP contribution is 2.28. The summed E-state index contributed by atoms with van der Waals surface area (Å²) in [5.41, 5.74) is 3.91. The summed E-state index contributed by atoms with van der Waals surface area (Å²) in [6.45, 7) is 0.704. The predicted molar refractivity (Wildman–Crippen MR) is 101 cm³/mol. The van der Waals surface area contributed by atoms with Gasteiger partial charge in [-0.15, -0.1) is 0 Å². The molecule has 0 saturated carbocycles. The van der Waals surface area contributed by atoms with Crippen LogP contribution in [0.5, 0.6) is 0 Å². The van der Waals surface area contributed by atoms with Crippen molar-refractivity contribution in [3.8, 4) is 6.07 Å². The van der Waals surface area contributed by atoms with E-state index in [1.165, 1.54) is 0 Å². The molecular weight excluding hydrogens is 346 g/mol. The highest BCUT2D eigenvalue weighted by molar-refractivity contribution is 8.15. The Balaban J connectivity index is 1.61. The van der Waals surface area contributed by atoms with Crippen LogP contribution in [0.2, 0.25) is 0 Å². The molecule has 2 amide bonds. The van der Waals surface area contributed by atoms with Gasteiger partial charge in [0.25, 0.3) is 5.24 Å². The summed E-state index contributed by atoms with van der Waals surface area (Å²) in [6.07, 6.45) is 2.56. The van der Waals surface area contributed by atoms with Gasteiger partial charge in [0.05, 0.1) is 16.9 Å². The fourth-order valence-corrected chi connectivity index (χ4v) is 4.06. The maximum Gasteiger partial charge on any atom is 0.286 e. The third-order valence-electron chi connectivity index (χ3n) is 4.51. The summed E-state index contributed by atoms with van der Waals surface area (Å²) in [4.78, 5) is 23.2. The minimum atomic E-state index is -0.366. The fourth-order valence-electron chi connectivity index (χ4n) is 3.21. The van der Waals surface area contributed by atoms with Crippen molar-refractivity contribution in [2.24, 2.45) is 0 Å². The second-order valence-corrected chi connectivity index (χ2v) is 7.37. The number of nitrogens with zero attached hydrogens (tertiary/aromatic N) is 2. The van der Waals surface area contributed by atoms with Gasteiger partial charge < -0.3 is 4.57 Å². The van der Waals surface area contributed by atoms with E-state index in [0.29, 0.717) is 18.5 Å². The molecule has 1 saturated heterocycles. The second-order valence-electron chi connectivity index (χ2n) is 6.19. The van der Waals surface area contributed by atoms with Gasteiger partial charge >= 0.3 is 0 Å². The van der Waals surface area contributed by atoms with E-state index >= 15 is 0 Å². The van der Waals surface area contributed by atoms with Crippen LogP contribution < -0.4 is 5.32 Å². The fraction of sp³-hybridized carbons (Fsp3) is 0.150. The summed E-state index contributed by atoms with van der Waals surface area (Å²) in [6, 6.07) is 17.8.